The maximum atomic E-state index is 5.69. The molecule has 0 amide bonds. The highest BCUT2D eigenvalue weighted by atomic mass is 16.4. The molecule has 1 aliphatic rings. The van der Waals surface area contributed by atoms with Crippen molar-refractivity contribution in [2.75, 3.05) is 31.6 Å². The van der Waals surface area contributed by atoms with Gasteiger partial charge in [0.05, 0.1) is 5.69 Å². The highest BCUT2D eigenvalue weighted by Gasteiger charge is 2.23. The summed E-state index contributed by atoms with van der Waals surface area (Å²) in [6.45, 7) is 12.6. The van der Waals surface area contributed by atoms with Crippen molar-refractivity contribution < 1.29 is 4.42 Å². The first kappa shape index (κ1) is 15.3. The molecule has 0 aliphatic carbocycles. The molecule has 0 bridgehead atoms. The molecule has 1 aromatic rings. The largest absolute Gasteiger partial charge is 0.432 e. The zero-order valence-electron chi connectivity index (χ0n) is 13.4. The van der Waals surface area contributed by atoms with E-state index < -0.39 is 0 Å². The summed E-state index contributed by atoms with van der Waals surface area (Å²) in [6, 6.07) is 1.20. The van der Waals surface area contributed by atoms with Crippen molar-refractivity contribution in [2.45, 2.75) is 52.2 Å². The first-order valence-electron chi connectivity index (χ1n) is 7.50. The molecule has 0 spiro atoms. The van der Waals surface area contributed by atoms with Crippen LogP contribution in [0.15, 0.2) is 10.7 Å². The van der Waals surface area contributed by atoms with Gasteiger partial charge >= 0.3 is 0 Å². The minimum Gasteiger partial charge on any atom is -0.432 e. The van der Waals surface area contributed by atoms with E-state index in [1.807, 2.05) is 0 Å². The molecular weight excluding hydrogens is 252 g/mol. The molecule has 1 aliphatic heterocycles. The minimum absolute atomic E-state index is 0.0950. The van der Waals surface area contributed by atoms with Crippen LogP contribution in [0.3, 0.4) is 0 Å². The van der Waals surface area contributed by atoms with E-state index in [0.29, 0.717) is 6.04 Å². The second-order valence-corrected chi connectivity index (χ2v) is 6.88. The average molecular weight is 280 g/mol. The van der Waals surface area contributed by atoms with Crippen LogP contribution in [-0.4, -0.2) is 48.1 Å². The van der Waals surface area contributed by atoms with Gasteiger partial charge in [-0.1, -0.05) is 0 Å². The predicted octanol–water partition coefficient (Wildman–Crippen LogP) is 2.09. The van der Waals surface area contributed by atoms with Crippen LogP contribution >= 0.6 is 0 Å². The molecule has 0 radical (unpaired) electrons. The van der Waals surface area contributed by atoms with Crippen molar-refractivity contribution in [3.8, 4) is 0 Å². The van der Waals surface area contributed by atoms with Crippen molar-refractivity contribution >= 4 is 6.01 Å². The van der Waals surface area contributed by atoms with Crippen molar-refractivity contribution in [1.29, 1.82) is 0 Å². The van der Waals surface area contributed by atoms with Gasteiger partial charge in [-0.25, -0.2) is 0 Å². The van der Waals surface area contributed by atoms with Gasteiger partial charge < -0.3 is 19.5 Å². The van der Waals surface area contributed by atoms with Gasteiger partial charge in [0.2, 0.25) is 0 Å². The third kappa shape index (κ3) is 4.21. The van der Waals surface area contributed by atoms with E-state index in [-0.39, 0.29) is 5.54 Å². The summed E-state index contributed by atoms with van der Waals surface area (Å²) >= 11 is 0. The monoisotopic (exact) mass is 280 g/mol. The number of hydrogen-bond donors (Lipinski definition) is 1. The molecule has 1 saturated heterocycles. The molecule has 20 heavy (non-hydrogen) atoms. The van der Waals surface area contributed by atoms with Gasteiger partial charge in [0.15, 0.2) is 0 Å². The molecule has 1 unspecified atom stereocenters. The van der Waals surface area contributed by atoms with Crippen LogP contribution in [0.25, 0.3) is 0 Å². The Morgan fingerprint density at radius 1 is 1.40 bits per heavy atom. The van der Waals surface area contributed by atoms with E-state index >= 15 is 0 Å². The average Bonchev–Trinajstić information content (AvgIpc) is 2.72. The van der Waals surface area contributed by atoms with Gasteiger partial charge in [-0.15, -0.1) is 0 Å². The highest BCUT2D eigenvalue weighted by molar-refractivity contribution is 5.29. The third-order valence-electron chi connectivity index (χ3n) is 3.63. The molecule has 0 saturated carbocycles. The molecule has 1 N–H and O–H groups in total. The summed E-state index contributed by atoms with van der Waals surface area (Å²) in [5.74, 6) is 0. The molecule has 114 valence electrons. The van der Waals surface area contributed by atoms with Gasteiger partial charge in [-0.05, 0) is 47.7 Å². The summed E-state index contributed by atoms with van der Waals surface area (Å²) in [4.78, 5) is 9.28. The van der Waals surface area contributed by atoms with Crippen LogP contribution in [0.5, 0.6) is 0 Å². The van der Waals surface area contributed by atoms with Gasteiger partial charge in [-0.3, -0.25) is 0 Å². The molecule has 1 atom stereocenters. The number of rotatable bonds is 3. The zero-order chi connectivity index (χ0) is 14.8. The number of hydrogen-bond acceptors (Lipinski definition) is 5. The summed E-state index contributed by atoms with van der Waals surface area (Å²) in [5, 5.41) is 3.44. The van der Waals surface area contributed by atoms with Gasteiger partial charge in [0, 0.05) is 31.2 Å². The minimum atomic E-state index is 0.0950. The topological polar surface area (TPSA) is 44.5 Å². The van der Waals surface area contributed by atoms with Crippen molar-refractivity contribution in [3.05, 3.63) is 12.0 Å². The Kier molecular flexibility index (Phi) is 4.70. The lowest BCUT2D eigenvalue weighted by Crippen LogP contribution is -2.38. The molecular formula is C15H28N4O. The first-order chi connectivity index (χ1) is 9.35. The standard InChI is InChI=1S/C15H28N4O/c1-12-10-18(5)7-6-8-19(12)14-17-13(11-20-14)9-16-15(2,3)4/h11-12,16H,6-10H2,1-5H3. The van der Waals surface area contributed by atoms with Crippen LogP contribution in [0.2, 0.25) is 0 Å². The Hall–Kier alpha value is -1.07. The zero-order valence-corrected chi connectivity index (χ0v) is 13.4. The van der Waals surface area contributed by atoms with Gasteiger partial charge in [-0.2, -0.15) is 4.98 Å². The summed E-state index contributed by atoms with van der Waals surface area (Å²) < 4.78 is 5.69. The van der Waals surface area contributed by atoms with E-state index in [1.54, 1.807) is 6.26 Å². The van der Waals surface area contributed by atoms with Gasteiger partial charge in [0.25, 0.3) is 6.01 Å². The molecule has 1 fully saturated rings. The number of oxazole rings is 1. The quantitative estimate of drug-likeness (QED) is 0.918. The highest BCUT2D eigenvalue weighted by Crippen LogP contribution is 2.19. The van der Waals surface area contributed by atoms with Crippen LogP contribution in [0, 0.1) is 0 Å². The molecule has 0 aromatic carbocycles. The van der Waals surface area contributed by atoms with Crippen LogP contribution in [0.4, 0.5) is 6.01 Å². The van der Waals surface area contributed by atoms with E-state index in [4.69, 9.17) is 4.42 Å². The normalized spacial score (nSPS) is 22.1. The first-order valence-corrected chi connectivity index (χ1v) is 7.50. The second-order valence-electron chi connectivity index (χ2n) is 6.88. The SMILES string of the molecule is CC1CN(C)CCCN1c1nc(CNC(C)(C)C)co1. The van der Waals surface area contributed by atoms with Crippen LogP contribution in [0.1, 0.15) is 39.8 Å². The third-order valence-corrected chi connectivity index (χ3v) is 3.63. The van der Waals surface area contributed by atoms with Crippen molar-refractivity contribution in [2.24, 2.45) is 0 Å². The van der Waals surface area contributed by atoms with E-state index in [1.165, 1.54) is 0 Å². The molecule has 5 heteroatoms. The number of aromatic nitrogens is 1. The second kappa shape index (κ2) is 6.14. The van der Waals surface area contributed by atoms with Crippen LogP contribution < -0.4 is 10.2 Å². The predicted molar refractivity (Wildman–Crippen MR) is 82.0 cm³/mol. The Bertz CT molecular complexity index is 424. The maximum Gasteiger partial charge on any atom is 0.297 e. The van der Waals surface area contributed by atoms with Gasteiger partial charge in [0.1, 0.15) is 6.26 Å². The summed E-state index contributed by atoms with van der Waals surface area (Å²) in [5.41, 5.74) is 1.07. The molecule has 1 aromatic heterocycles. The Balaban J connectivity index is 2.00. The Morgan fingerprint density at radius 2 is 2.15 bits per heavy atom. The number of nitrogens with one attached hydrogen (secondary N) is 1. The molecule has 2 rings (SSSR count). The number of nitrogens with zero attached hydrogens (tertiary/aromatic N) is 3. The lowest BCUT2D eigenvalue weighted by Gasteiger charge is -2.26. The fourth-order valence-electron chi connectivity index (χ4n) is 2.52. The molecule has 5 nitrogen and oxygen atoms in total. The summed E-state index contributed by atoms with van der Waals surface area (Å²) in [6.07, 6.45) is 2.92. The number of anilines is 1. The number of likely N-dealkylation sites (N-methyl/N-ethyl adjacent to an activating group) is 1. The summed E-state index contributed by atoms with van der Waals surface area (Å²) in [7, 11) is 2.17. The maximum absolute atomic E-state index is 5.69. The fraction of sp³-hybridized carbons (Fsp3) is 0.800. The van der Waals surface area contributed by atoms with E-state index in [0.717, 1.165) is 44.3 Å². The van der Waals surface area contributed by atoms with E-state index in [9.17, 15) is 0 Å². The Labute approximate surface area is 122 Å². The Morgan fingerprint density at radius 3 is 2.85 bits per heavy atom. The molecule has 2 heterocycles. The van der Waals surface area contributed by atoms with Crippen molar-refractivity contribution in [3.63, 3.8) is 0 Å². The fourth-order valence-corrected chi connectivity index (χ4v) is 2.52. The van der Waals surface area contributed by atoms with Crippen molar-refractivity contribution in [1.82, 2.24) is 15.2 Å². The smallest absolute Gasteiger partial charge is 0.297 e. The lowest BCUT2D eigenvalue weighted by molar-refractivity contribution is 0.335. The lowest BCUT2D eigenvalue weighted by atomic mass is 10.1. The van der Waals surface area contributed by atoms with Crippen LogP contribution in [-0.2, 0) is 6.54 Å². The van der Waals surface area contributed by atoms with E-state index in [2.05, 4.69) is 54.8 Å².